The summed E-state index contributed by atoms with van der Waals surface area (Å²) in [5, 5.41) is 14.8. The zero-order valence-electron chi connectivity index (χ0n) is 11.5. The Kier molecular flexibility index (Phi) is 4.01. The molecular weight excluding hydrogens is 274 g/mol. The Morgan fingerprint density at radius 2 is 1.95 bits per heavy atom. The molecule has 1 heterocycles. The van der Waals surface area contributed by atoms with Crippen molar-refractivity contribution in [3.8, 4) is 0 Å². The standard InChI is InChI=1S/C16H20ClNO2/c17-15-13(12-6-2-3-7-14(12)20-15)10-18-16(11-19)8-4-1-5-9-16/h2-3,6-7,18-19H,1,4-5,8-11H2. The lowest BCUT2D eigenvalue weighted by Crippen LogP contribution is -2.49. The van der Waals surface area contributed by atoms with Gasteiger partial charge in [-0.15, -0.1) is 0 Å². The highest BCUT2D eigenvalue weighted by Crippen LogP contribution is 2.32. The van der Waals surface area contributed by atoms with Gasteiger partial charge in [-0.3, -0.25) is 0 Å². The summed E-state index contributed by atoms with van der Waals surface area (Å²) in [6, 6.07) is 7.87. The number of nitrogens with one attached hydrogen (secondary N) is 1. The van der Waals surface area contributed by atoms with Gasteiger partial charge in [-0.25, -0.2) is 0 Å². The number of hydrogen-bond acceptors (Lipinski definition) is 3. The van der Waals surface area contributed by atoms with E-state index < -0.39 is 0 Å². The van der Waals surface area contributed by atoms with Crippen molar-refractivity contribution in [2.24, 2.45) is 0 Å². The van der Waals surface area contributed by atoms with Crippen LogP contribution in [0.25, 0.3) is 11.0 Å². The number of rotatable bonds is 4. The van der Waals surface area contributed by atoms with E-state index in [4.69, 9.17) is 16.0 Å². The van der Waals surface area contributed by atoms with Gasteiger partial charge in [0, 0.05) is 23.0 Å². The topological polar surface area (TPSA) is 45.4 Å². The van der Waals surface area contributed by atoms with Crippen molar-refractivity contribution in [2.45, 2.75) is 44.2 Å². The molecule has 1 aromatic carbocycles. The molecule has 0 aliphatic heterocycles. The van der Waals surface area contributed by atoms with Gasteiger partial charge in [-0.2, -0.15) is 0 Å². The van der Waals surface area contributed by atoms with Crippen molar-refractivity contribution in [1.29, 1.82) is 0 Å². The molecule has 3 nitrogen and oxygen atoms in total. The van der Waals surface area contributed by atoms with Crippen LogP contribution in [0.15, 0.2) is 28.7 Å². The maximum atomic E-state index is 9.73. The van der Waals surface area contributed by atoms with Crippen LogP contribution in [0.2, 0.25) is 5.22 Å². The third-order valence-corrected chi connectivity index (χ3v) is 4.71. The third-order valence-electron chi connectivity index (χ3n) is 4.40. The lowest BCUT2D eigenvalue weighted by molar-refractivity contribution is 0.119. The summed E-state index contributed by atoms with van der Waals surface area (Å²) in [7, 11) is 0. The van der Waals surface area contributed by atoms with Gasteiger partial charge in [0.1, 0.15) is 5.58 Å². The second-order valence-corrected chi connectivity index (χ2v) is 6.05. The van der Waals surface area contributed by atoms with Crippen LogP contribution in [0.1, 0.15) is 37.7 Å². The fourth-order valence-corrected chi connectivity index (χ4v) is 3.38. The molecule has 1 saturated carbocycles. The fraction of sp³-hybridized carbons (Fsp3) is 0.500. The molecule has 4 heteroatoms. The summed E-state index contributed by atoms with van der Waals surface area (Å²) in [4.78, 5) is 0. The number of aliphatic hydroxyl groups is 1. The Labute approximate surface area is 123 Å². The third kappa shape index (κ3) is 2.58. The van der Waals surface area contributed by atoms with Crippen molar-refractivity contribution in [1.82, 2.24) is 5.32 Å². The molecule has 0 spiro atoms. The number of para-hydroxylation sites is 1. The van der Waals surface area contributed by atoms with E-state index in [-0.39, 0.29) is 12.1 Å². The van der Waals surface area contributed by atoms with E-state index in [2.05, 4.69) is 5.32 Å². The average molecular weight is 294 g/mol. The quantitative estimate of drug-likeness (QED) is 0.899. The highest BCUT2D eigenvalue weighted by Gasteiger charge is 2.31. The molecule has 1 aliphatic carbocycles. The van der Waals surface area contributed by atoms with Gasteiger partial charge in [-0.1, -0.05) is 37.5 Å². The predicted molar refractivity (Wildman–Crippen MR) is 81.0 cm³/mol. The number of benzene rings is 1. The van der Waals surface area contributed by atoms with E-state index >= 15 is 0 Å². The minimum Gasteiger partial charge on any atom is -0.444 e. The lowest BCUT2D eigenvalue weighted by Gasteiger charge is -2.36. The molecule has 1 aliphatic rings. The van der Waals surface area contributed by atoms with E-state index in [1.165, 1.54) is 19.3 Å². The minimum atomic E-state index is -0.153. The van der Waals surface area contributed by atoms with Gasteiger partial charge in [-0.05, 0) is 30.5 Å². The molecule has 0 amide bonds. The Hall–Kier alpha value is -1.03. The van der Waals surface area contributed by atoms with Gasteiger partial charge in [0.2, 0.25) is 0 Å². The van der Waals surface area contributed by atoms with Crippen LogP contribution < -0.4 is 5.32 Å². The van der Waals surface area contributed by atoms with Crippen LogP contribution in [0.4, 0.5) is 0 Å². The Bertz CT molecular complexity index is 587. The lowest BCUT2D eigenvalue weighted by atomic mass is 9.82. The van der Waals surface area contributed by atoms with Crippen LogP contribution in [0.3, 0.4) is 0 Å². The van der Waals surface area contributed by atoms with Crippen LogP contribution in [0, 0.1) is 0 Å². The minimum absolute atomic E-state index is 0.153. The van der Waals surface area contributed by atoms with E-state index in [9.17, 15) is 5.11 Å². The summed E-state index contributed by atoms with van der Waals surface area (Å²) < 4.78 is 5.57. The van der Waals surface area contributed by atoms with Crippen molar-refractivity contribution in [2.75, 3.05) is 6.61 Å². The number of furan rings is 1. The van der Waals surface area contributed by atoms with Crippen LogP contribution in [-0.2, 0) is 6.54 Å². The number of halogens is 1. The van der Waals surface area contributed by atoms with Gasteiger partial charge in [0.05, 0.1) is 6.61 Å². The first-order valence-electron chi connectivity index (χ1n) is 7.26. The van der Waals surface area contributed by atoms with Crippen molar-refractivity contribution in [3.05, 3.63) is 35.0 Å². The van der Waals surface area contributed by atoms with Gasteiger partial charge >= 0.3 is 0 Å². The highest BCUT2D eigenvalue weighted by molar-refractivity contribution is 6.30. The summed E-state index contributed by atoms with van der Waals surface area (Å²) in [6.07, 6.45) is 5.66. The molecule has 108 valence electrons. The second-order valence-electron chi connectivity index (χ2n) is 5.70. The van der Waals surface area contributed by atoms with Crippen LogP contribution in [-0.4, -0.2) is 17.3 Å². The van der Waals surface area contributed by atoms with Crippen molar-refractivity contribution in [3.63, 3.8) is 0 Å². The van der Waals surface area contributed by atoms with Crippen LogP contribution >= 0.6 is 11.6 Å². The number of aliphatic hydroxyl groups excluding tert-OH is 1. The monoisotopic (exact) mass is 293 g/mol. The SMILES string of the molecule is OCC1(NCc2c(Cl)oc3ccccc23)CCCCC1. The van der Waals surface area contributed by atoms with Crippen molar-refractivity contribution >= 4 is 22.6 Å². The van der Waals surface area contributed by atoms with E-state index in [1.807, 2.05) is 24.3 Å². The van der Waals surface area contributed by atoms with Gasteiger partial charge in [0.15, 0.2) is 5.22 Å². The smallest absolute Gasteiger partial charge is 0.199 e. The Balaban J connectivity index is 1.81. The van der Waals surface area contributed by atoms with E-state index in [1.54, 1.807) is 0 Å². The average Bonchev–Trinajstić information content (AvgIpc) is 2.81. The summed E-state index contributed by atoms with van der Waals surface area (Å²) >= 11 is 6.20. The Morgan fingerprint density at radius 1 is 1.20 bits per heavy atom. The van der Waals surface area contributed by atoms with Gasteiger partial charge < -0.3 is 14.8 Å². The molecule has 1 fully saturated rings. The molecule has 1 aromatic heterocycles. The largest absolute Gasteiger partial charge is 0.444 e. The predicted octanol–water partition coefficient (Wildman–Crippen LogP) is 3.87. The molecule has 0 unspecified atom stereocenters. The molecule has 0 bridgehead atoms. The molecular formula is C16H20ClNO2. The summed E-state index contributed by atoms with van der Waals surface area (Å²) in [5.41, 5.74) is 1.65. The summed E-state index contributed by atoms with van der Waals surface area (Å²) in [5.74, 6) is 0. The maximum Gasteiger partial charge on any atom is 0.199 e. The van der Waals surface area contributed by atoms with Gasteiger partial charge in [0.25, 0.3) is 0 Å². The zero-order valence-corrected chi connectivity index (χ0v) is 12.2. The second kappa shape index (κ2) is 5.76. The first kappa shape index (κ1) is 13.9. The molecule has 0 saturated heterocycles. The fourth-order valence-electron chi connectivity index (χ4n) is 3.13. The highest BCUT2D eigenvalue weighted by atomic mass is 35.5. The molecule has 3 rings (SSSR count). The number of hydrogen-bond donors (Lipinski definition) is 2. The van der Waals surface area contributed by atoms with Crippen LogP contribution in [0.5, 0.6) is 0 Å². The molecule has 2 aromatic rings. The number of fused-ring (bicyclic) bond motifs is 1. The first-order valence-corrected chi connectivity index (χ1v) is 7.64. The summed E-state index contributed by atoms with van der Waals surface area (Å²) in [6.45, 7) is 0.816. The Morgan fingerprint density at radius 3 is 2.70 bits per heavy atom. The first-order chi connectivity index (χ1) is 9.74. The molecule has 0 atom stereocenters. The molecule has 20 heavy (non-hydrogen) atoms. The van der Waals surface area contributed by atoms with E-state index in [0.717, 1.165) is 29.4 Å². The van der Waals surface area contributed by atoms with Crippen molar-refractivity contribution < 1.29 is 9.52 Å². The van der Waals surface area contributed by atoms with E-state index in [0.29, 0.717) is 11.8 Å². The normalized spacial score (nSPS) is 18.5. The molecule has 0 radical (unpaired) electrons. The maximum absolute atomic E-state index is 9.73. The molecule has 2 N–H and O–H groups in total. The zero-order chi connectivity index (χ0) is 14.0.